The van der Waals surface area contributed by atoms with Gasteiger partial charge in [-0.2, -0.15) is 4.31 Å². The lowest BCUT2D eigenvalue weighted by Crippen LogP contribution is -2.50. The lowest BCUT2D eigenvalue weighted by atomic mass is 10.2. The molecule has 106 valence electrons. The molecule has 1 fully saturated rings. The molecule has 2 rings (SSSR count). The second kappa shape index (κ2) is 5.47. The summed E-state index contributed by atoms with van der Waals surface area (Å²) in [6.07, 6.45) is -0.148. The molecule has 19 heavy (non-hydrogen) atoms. The minimum Gasteiger partial charge on any atom is -0.375 e. The van der Waals surface area contributed by atoms with Gasteiger partial charge in [0.2, 0.25) is 10.0 Å². The Labute approximate surface area is 120 Å². The average Bonchev–Trinajstić information content (AvgIpc) is 2.31. The first-order chi connectivity index (χ1) is 8.82. The standard InChI is InChI=1S/C12H15BrFNO3S/c1-8-7-18-9(2)6-15(8)19(16,17)12-4-3-10(14)5-11(12)13/h3-5,8-9H,6-7H2,1-2H3. The van der Waals surface area contributed by atoms with Gasteiger partial charge in [0.05, 0.1) is 17.6 Å². The highest BCUT2D eigenvalue weighted by Crippen LogP contribution is 2.28. The van der Waals surface area contributed by atoms with Crippen LogP contribution in [0.5, 0.6) is 0 Å². The average molecular weight is 352 g/mol. The van der Waals surface area contributed by atoms with E-state index in [0.29, 0.717) is 13.2 Å². The minimum atomic E-state index is -3.65. The van der Waals surface area contributed by atoms with Crippen molar-refractivity contribution in [2.24, 2.45) is 0 Å². The smallest absolute Gasteiger partial charge is 0.244 e. The third kappa shape index (κ3) is 2.99. The summed E-state index contributed by atoms with van der Waals surface area (Å²) in [5.41, 5.74) is 0. The van der Waals surface area contributed by atoms with E-state index in [4.69, 9.17) is 4.74 Å². The van der Waals surface area contributed by atoms with Crippen LogP contribution in [0.4, 0.5) is 4.39 Å². The molecular formula is C12H15BrFNO3S. The lowest BCUT2D eigenvalue weighted by Gasteiger charge is -2.35. The van der Waals surface area contributed by atoms with Gasteiger partial charge in [0.1, 0.15) is 5.82 Å². The third-order valence-electron chi connectivity index (χ3n) is 3.03. The Kier molecular flexibility index (Phi) is 4.29. The van der Waals surface area contributed by atoms with Gasteiger partial charge in [-0.1, -0.05) is 0 Å². The van der Waals surface area contributed by atoms with Crippen LogP contribution in [0.2, 0.25) is 0 Å². The van der Waals surface area contributed by atoms with Crippen LogP contribution in [0.1, 0.15) is 13.8 Å². The van der Waals surface area contributed by atoms with Crippen molar-refractivity contribution >= 4 is 26.0 Å². The molecule has 0 radical (unpaired) electrons. The van der Waals surface area contributed by atoms with Crippen LogP contribution < -0.4 is 0 Å². The normalized spacial score (nSPS) is 25.5. The molecule has 0 bridgehead atoms. The van der Waals surface area contributed by atoms with Crippen molar-refractivity contribution in [1.29, 1.82) is 0 Å². The molecule has 1 saturated heterocycles. The van der Waals surface area contributed by atoms with E-state index in [9.17, 15) is 12.8 Å². The Balaban J connectivity index is 2.41. The van der Waals surface area contributed by atoms with Crippen LogP contribution >= 0.6 is 15.9 Å². The van der Waals surface area contributed by atoms with Gasteiger partial charge in [-0.05, 0) is 48.0 Å². The first-order valence-electron chi connectivity index (χ1n) is 5.91. The van der Waals surface area contributed by atoms with Gasteiger partial charge in [0, 0.05) is 17.1 Å². The fourth-order valence-electron chi connectivity index (χ4n) is 2.02. The Morgan fingerprint density at radius 3 is 2.74 bits per heavy atom. The highest BCUT2D eigenvalue weighted by atomic mass is 79.9. The maximum absolute atomic E-state index is 13.1. The molecule has 0 saturated carbocycles. The zero-order chi connectivity index (χ0) is 14.2. The molecule has 1 aromatic rings. The highest BCUT2D eigenvalue weighted by molar-refractivity contribution is 9.10. The Hall–Kier alpha value is -0.500. The number of halogens is 2. The molecule has 0 N–H and O–H groups in total. The summed E-state index contributed by atoms with van der Waals surface area (Å²) < 4.78 is 45.3. The topological polar surface area (TPSA) is 46.6 Å². The van der Waals surface area contributed by atoms with Crippen LogP contribution in [-0.2, 0) is 14.8 Å². The Morgan fingerprint density at radius 2 is 2.11 bits per heavy atom. The monoisotopic (exact) mass is 351 g/mol. The Morgan fingerprint density at radius 1 is 1.42 bits per heavy atom. The van der Waals surface area contributed by atoms with E-state index in [1.807, 2.05) is 6.92 Å². The molecule has 1 heterocycles. The number of rotatable bonds is 2. The van der Waals surface area contributed by atoms with Gasteiger partial charge in [0.15, 0.2) is 0 Å². The number of benzene rings is 1. The van der Waals surface area contributed by atoms with Gasteiger partial charge in [-0.25, -0.2) is 12.8 Å². The van der Waals surface area contributed by atoms with Crippen molar-refractivity contribution in [2.45, 2.75) is 30.9 Å². The predicted molar refractivity (Wildman–Crippen MR) is 72.9 cm³/mol. The maximum atomic E-state index is 13.1. The molecule has 7 heteroatoms. The quantitative estimate of drug-likeness (QED) is 0.821. The molecule has 0 aliphatic carbocycles. The molecule has 4 nitrogen and oxygen atoms in total. The van der Waals surface area contributed by atoms with Gasteiger partial charge >= 0.3 is 0 Å². The molecule has 1 aromatic carbocycles. The highest BCUT2D eigenvalue weighted by Gasteiger charge is 2.35. The summed E-state index contributed by atoms with van der Waals surface area (Å²) in [6.45, 7) is 4.28. The SMILES string of the molecule is CC1CN(S(=O)(=O)c2ccc(F)cc2Br)C(C)CO1. The predicted octanol–water partition coefficient (Wildman–Crippen LogP) is 2.39. The van der Waals surface area contributed by atoms with Crippen molar-refractivity contribution in [3.63, 3.8) is 0 Å². The first kappa shape index (κ1) is 14.9. The molecule has 0 aromatic heterocycles. The van der Waals surface area contributed by atoms with Gasteiger partial charge in [-0.15, -0.1) is 0 Å². The molecule has 0 amide bonds. The van der Waals surface area contributed by atoms with Gasteiger partial charge in [0.25, 0.3) is 0 Å². The van der Waals surface area contributed by atoms with Crippen molar-refractivity contribution in [1.82, 2.24) is 4.31 Å². The summed E-state index contributed by atoms with van der Waals surface area (Å²) in [7, 11) is -3.65. The van der Waals surface area contributed by atoms with Crippen molar-refractivity contribution < 1.29 is 17.5 Å². The van der Waals surface area contributed by atoms with E-state index >= 15 is 0 Å². The van der Waals surface area contributed by atoms with Crippen molar-refractivity contribution in [3.05, 3.63) is 28.5 Å². The number of hydrogen-bond donors (Lipinski definition) is 0. The zero-order valence-corrected chi connectivity index (χ0v) is 13.0. The summed E-state index contributed by atoms with van der Waals surface area (Å²) in [5, 5.41) is 0. The number of ether oxygens (including phenoxy) is 1. The Bertz CT molecular complexity index is 578. The van der Waals surface area contributed by atoms with Crippen LogP contribution in [-0.4, -0.2) is 38.0 Å². The zero-order valence-electron chi connectivity index (χ0n) is 10.6. The molecular weight excluding hydrogens is 337 g/mol. The van der Waals surface area contributed by atoms with E-state index in [2.05, 4.69) is 15.9 Å². The second-order valence-electron chi connectivity index (χ2n) is 4.64. The second-order valence-corrected chi connectivity index (χ2v) is 7.36. The van der Waals surface area contributed by atoms with E-state index in [1.165, 1.54) is 10.4 Å². The lowest BCUT2D eigenvalue weighted by molar-refractivity contribution is -0.0170. The first-order valence-corrected chi connectivity index (χ1v) is 8.14. The van der Waals surface area contributed by atoms with Crippen molar-refractivity contribution in [3.8, 4) is 0 Å². The van der Waals surface area contributed by atoms with Crippen LogP contribution in [0.3, 0.4) is 0 Å². The largest absolute Gasteiger partial charge is 0.375 e. The van der Waals surface area contributed by atoms with Gasteiger partial charge < -0.3 is 4.74 Å². The molecule has 2 unspecified atom stereocenters. The van der Waals surface area contributed by atoms with E-state index in [0.717, 1.165) is 12.1 Å². The summed E-state index contributed by atoms with van der Waals surface area (Å²) in [5.74, 6) is -0.478. The minimum absolute atomic E-state index is 0.0786. The van der Waals surface area contributed by atoms with Crippen LogP contribution in [0.25, 0.3) is 0 Å². The van der Waals surface area contributed by atoms with Crippen molar-refractivity contribution in [2.75, 3.05) is 13.2 Å². The number of morpholine rings is 1. The van der Waals surface area contributed by atoms with E-state index in [1.54, 1.807) is 6.92 Å². The summed E-state index contributed by atoms with van der Waals surface area (Å²) in [4.78, 5) is 0.0786. The molecule has 0 spiro atoms. The fourth-order valence-corrected chi connectivity index (χ4v) is 4.72. The molecule has 1 aliphatic rings. The maximum Gasteiger partial charge on any atom is 0.244 e. The van der Waals surface area contributed by atoms with E-state index in [-0.39, 0.29) is 21.5 Å². The summed E-state index contributed by atoms with van der Waals surface area (Å²) in [6, 6.07) is 3.34. The summed E-state index contributed by atoms with van der Waals surface area (Å²) >= 11 is 3.11. The van der Waals surface area contributed by atoms with Gasteiger partial charge in [-0.3, -0.25) is 0 Å². The number of sulfonamides is 1. The van der Waals surface area contributed by atoms with E-state index < -0.39 is 15.8 Å². The number of hydrogen-bond acceptors (Lipinski definition) is 3. The van der Waals surface area contributed by atoms with Crippen LogP contribution in [0.15, 0.2) is 27.6 Å². The third-order valence-corrected chi connectivity index (χ3v) is 5.99. The number of nitrogens with zero attached hydrogens (tertiary/aromatic N) is 1. The fraction of sp³-hybridized carbons (Fsp3) is 0.500. The van der Waals surface area contributed by atoms with Crippen LogP contribution in [0, 0.1) is 5.82 Å². The molecule has 1 aliphatic heterocycles. The molecule has 2 atom stereocenters.